The van der Waals surface area contributed by atoms with Crippen molar-refractivity contribution in [2.75, 3.05) is 6.54 Å². The Morgan fingerprint density at radius 1 is 1.12 bits per heavy atom. The molecule has 3 heterocycles. The number of para-hydroxylation sites is 1. The summed E-state index contributed by atoms with van der Waals surface area (Å²) < 4.78 is 0. The van der Waals surface area contributed by atoms with E-state index in [1.54, 1.807) is 6.07 Å². The lowest BCUT2D eigenvalue weighted by Gasteiger charge is -2.35. The molecule has 1 aromatic carbocycles. The summed E-state index contributed by atoms with van der Waals surface area (Å²) in [7, 11) is 0. The zero-order chi connectivity index (χ0) is 16.4. The van der Waals surface area contributed by atoms with Crippen molar-refractivity contribution >= 4 is 10.9 Å². The van der Waals surface area contributed by atoms with E-state index in [1.807, 2.05) is 42.6 Å². The average Bonchev–Trinajstić information content (AvgIpc) is 2.63. The minimum absolute atomic E-state index is 0.0887. The first kappa shape index (κ1) is 15.1. The van der Waals surface area contributed by atoms with Crippen LogP contribution in [0.25, 0.3) is 10.9 Å². The number of benzene rings is 1. The molecule has 0 radical (unpaired) electrons. The van der Waals surface area contributed by atoms with Crippen molar-refractivity contribution in [2.24, 2.45) is 0 Å². The highest BCUT2D eigenvalue weighted by Gasteiger charge is 2.25. The smallest absolute Gasteiger partial charge is 0.189 e. The molecule has 1 atom stereocenters. The SMILES string of the molecule is O=c1cc(CN2CCCCC2c2ccccn2)[nH]c2ccccc12. The monoisotopic (exact) mass is 319 g/mol. The Kier molecular flexibility index (Phi) is 4.13. The Morgan fingerprint density at radius 2 is 2.00 bits per heavy atom. The predicted molar refractivity (Wildman–Crippen MR) is 95.8 cm³/mol. The molecule has 0 spiro atoms. The van der Waals surface area contributed by atoms with E-state index < -0.39 is 0 Å². The third-order valence-corrected chi connectivity index (χ3v) is 4.81. The highest BCUT2D eigenvalue weighted by molar-refractivity contribution is 5.78. The van der Waals surface area contributed by atoms with Crippen LogP contribution >= 0.6 is 0 Å². The normalized spacial score (nSPS) is 18.8. The maximum absolute atomic E-state index is 12.3. The zero-order valence-corrected chi connectivity index (χ0v) is 13.6. The van der Waals surface area contributed by atoms with E-state index in [4.69, 9.17) is 0 Å². The molecule has 0 saturated carbocycles. The lowest BCUT2D eigenvalue weighted by molar-refractivity contribution is 0.135. The summed E-state index contributed by atoms with van der Waals surface area (Å²) >= 11 is 0. The van der Waals surface area contributed by atoms with Crippen molar-refractivity contribution in [3.05, 3.63) is 76.3 Å². The Balaban J connectivity index is 1.64. The van der Waals surface area contributed by atoms with Gasteiger partial charge in [-0.15, -0.1) is 0 Å². The number of nitrogens with zero attached hydrogens (tertiary/aromatic N) is 2. The number of H-pyrrole nitrogens is 1. The average molecular weight is 319 g/mol. The molecule has 2 aromatic heterocycles. The lowest BCUT2D eigenvalue weighted by Crippen LogP contribution is -2.34. The number of pyridine rings is 2. The Bertz CT molecular complexity index is 888. The molecule has 1 aliphatic heterocycles. The van der Waals surface area contributed by atoms with Gasteiger partial charge in [-0.25, -0.2) is 0 Å². The van der Waals surface area contributed by atoms with Crippen LogP contribution in [0.5, 0.6) is 0 Å². The van der Waals surface area contributed by atoms with E-state index in [-0.39, 0.29) is 5.43 Å². The van der Waals surface area contributed by atoms with Gasteiger partial charge < -0.3 is 4.98 Å². The summed E-state index contributed by atoms with van der Waals surface area (Å²) in [6.07, 6.45) is 5.40. The summed E-state index contributed by atoms with van der Waals surface area (Å²) in [5, 5.41) is 0.751. The fourth-order valence-corrected chi connectivity index (χ4v) is 3.64. The topological polar surface area (TPSA) is 49.0 Å². The molecule has 1 N–H and O–H groups in total. The molecule has 1 saturated heterocycles. The second-order valence-corrected chi connectivity index (χ2v) is 6.44. The maximum atomic E-state index is 12.3. The van der Waals surface area contributed by atoms with Crippen LogP contribution in [0, 0.1) is 0 Å². The van der Waals surface area contributed by atoms with Gasteiger partial charge >= 0.3 is 0 Å². The van der Waals surface area contributed by atoms with E-state index in [2.05, 4.69) is 20.9 Å². The zero-order valence-electron chi connectivity index (χ0n) is 13.6. The third-order valence-electron chi connectivity index (χ3n) is 4.81. The van der Waals surface area contributed by atoms with Crippen LogP contribution < -0.4 is 5.43 Å². The van der Waals surface area contributed by atoms with E-state index >= 15 is 0 Å². The summed E-state index contributed by atoms with van der Waals surface area (Å²) in [6, 6.07) is 15.9. The second kappa shape index (κ2) is 6.57. The molecule has 0 bridgehead atoms. The molecule has 24 heavy (non-hydrogen) atoms. The molecular formula is C20H21N3O. The van der Waals surface area contributed by atoms with Crippen molar-refractivity contribution in [3.63, 3.8) is 0 Å². The molecular weight excluding hydrogens is 298 g/mol. The molecule has 1 unspecified atom stereocenters. The number of aromatic amines is 1. The van der Waals surface area contributed by atoms with Crippen LogP contribution in [-0.2, 0) is 6.54 Å². The number of hydrogen-bond acceptors (Lipinski definition) is 3. The van der Waals surface area contributed by atoms with Crippen LogP contribution in [0.15, 0.2) is 59.5 Å². The van der Waals surface area contributed by atoms with Crippen molar-refractivity contribution < 1.29 is 0 Å². The highest BCUT2D eigenvalue weighted by Crippen LogP contribution is 2.30. The Hall–Kier alpha value is -2.46. The van der Waals surface area contributed by atoms with Gasteiger partial charge in [-0.3, -0.25) is 14.7 Å². The molecule has 1 aliphatic rings. The maximum Gasteiger partial charge on any atom is 0.189 e. The lowest BCUT2D eigenvalue weighted by atomic mass is 9.98. The minimum Gasteiger partial charge on any atom is -0.357 e. The quantitative estimate of drug-likeness (QED) is 0.801. The van der Waals surface area contributed by atoms with Gasteiger partial charge in [-0.1, -0.05) is 24.6 Å². The molecule has 122 valence electrons. The fraction of sp³-hybridized carbons (Fsp3) is 0.300. The van der Waals surface area contributed by atoms with Crippen molar-refractivity contribution in [3.8, 4) is 0 Å². The van der Waals surface area contributed by atoms with Crippen molar-refractivity contribution in [2.45, 2.75) is 31.8 Å². The van der Waals surface area contributed by atoms with Gasteiger partial charge in [0.05, 0.1) is 11.7 Å². The van der Waals surface area contributed by atoms with Gasteiger partial charge in [0.1, 0.15) is 0 Å². The number of likely N-dealkylation sites (tertiary alicyclic amines) is 1. The molecule has 4 heteroatoms. The van der Waals surface area contributed by atoms with Gasteiger partial charge in [0.25, 0.3) is 0 Å². The molecule has 4 nitrogen and oxygen atoms in total. The fourth-order valence-electron chi connectivity index (χ4n) is 3.64. The summed E-state index contributed by atoms with van der Waals surface area (Å²) in [5.41, 5.74) is 3.10. The molecule has 0 aliphatic carbocycles. The van der Waals surface area contributed by atoms with Crippen molar-refractivity contribution in [1.82, 2.24) is 14.9 Å². The number of fused-ring (bicyclic) bond motifs is 1. The first-order valence-electron chi connectivity index (χ1n) is 8.57. The first-order valence-corrected chi connectivity index (χ1v) is 8.57. The Morgan fingerprint density at radius 3 is 2.88 bits per heavy atom. The predicted octanol–water partition coefficient (Wildman–Crippen LogP) is 3.65. The standard InChI is InChI=1S/C20H21N3O/c24-20-13-15(22-17-8-2-1-7-16(17)20)14-23-12-6-4-10-19(23)18-9-3-5-11-21-18/h1-3,5,7-9,11,13,19H,4,6,10,12,14H2,(H,22,24). The van der Waals surface area contributed by atoms with Crippen LogP contribution in [0.3, 0.4) is 0 Å². The number of aromatic nitrogens is 2. The number of nitrogens with one attached hydrogen (secondary N) is 1. The summed E-state index contributed by atoms with van der Waals surface area (Å²) in [6.45, 7) is 1.79. The number of hydrogen-bond donors (Lipinski definition) is 1. The number of piperidine rings is 1. The first-order chi connectivity index (χ1) is 11.8. The van der Waals surface area contributed by atoms with Crippen LogP contribution in [0.2, 0.25) is 0 Å². The van der Waals surface area contributed by atoms with Crippen LogP contribution in [0.4, 0.5) is 0 Å². The van der Waals surface area contributed by atoms with Gasteiger partial charge in [-0.05, 0) is 43.7 Å². The van der Waals surface area contributed by atoms with Crippen molar-refractivity contribution in [1.29, 1.82) is 0 Å². The van der Waals surface area contributed by atoms with Gasteiger partial charge in [0, 0.05) is 35.4 Å². The molecule has 0 amide bonds. The summed E-state index contributed by atoms with van der Waals surface area (Å²) in [5.74, 6) is 0. The second-order valence-electron chi connectivity index (χ2n) is 6.44. The van der Waals surface area contributed by atoms with Gasteiger partial charge in [0.15, 0.2) is 5.43 Å². The highest BCUT2D eigenvalue weighted by atomic mass is 16.1. The molecule has 1 fully saturated rings. The van der Waals surface area contributed by atoms with E-state index in [9.17, 15) is 4.79 Å². The van der Waals surface area contributed by atoms with E-state index in [0.29, 0.717) is 6.04 Å². The largest absolute Gasteiger partial charge is 0.357 e. The van der Waals surface area contributed by atoms with Gasteiger partial charge in [-0.2, -0.15) is 0 Å². The summed E-state index contributed by atoms with van der Waals surface area (Å²) in [4.78, 5) is 22.8. The third kappa shape index (κ3) is 2.97. The van der Waals surface area contributed by atoms with Crippen LogP contribution in [0.1, 0.15) is 36.7 Å². The minimum atomic E-state index is 0.0887. The Labute approximate surface area is 141 Å². The van der Waals surface area contributed by atoms with E-state index in [0.717, 1.165) is 41.8 Å². The number of rotatable bonds is 3. The molecule has 4 rings (SSSR count). The molecule has 3 aromatic rings. The van der Waals surface area contributed by atoms with E-state index in [1.165, 1.54) is 12.8 Å². The van der Waals surface area contributed by atoms with Crippen LogP contribution in [-0.4, -0.2) is 21.4 Å². The van der Waals surface area contributed by atoms with Gasteiger partial charge in [0.2, 0.25) is 0 Å².